The first-order chi connectivity index (χ1) is 17.6. The van der Waals surface area contributed by atoms with Crippen LogP contribution in [-0.2, 0) is 11.8 Å². The molecule has 3 aromatic rings. The van der Waals surface area contributed by atoms with Gasteiger partial charge in [0.2, 0.25) is 0 Å². The summed E-state index contributed by atoms with van der Waals surface area (Å²) in [5.41, 5.74) is 7.45. The number of nitrogens with zero attached hydrogens (tertiary/aromatic N) is 3. The Balaban J connectivity index is 1.61. The fourth-order valence-corrected chi connectivity index (χ4v) is 5.32. The van der Waals surface area contributed by atoms with Gasteiger partial charge in [-0.2, -0.15) is 0 Å². The topological polar surface area (TPSA) is 67.6 Å². The summed E-state index contributed by atoms with van der Waals surface area (Å²) >= 11 is 6.51. The van der Waals surface area contributed by atoms with Gasteiger partial charge < -0.3 is 19.3 Å². The second-order valence-corrected chi connectivity index (χ2v) is 11.1. The second-order valence-electron chi connectivity index (χ2n) is 10.7. The highest BCUT2D eigenvalue weighted by atomic mass is 35.5. The number of imidazole rings is 1. The summed E-state index contributed by atoms with van der Waals surface area (Å²) in [4.78, 5) is 18.7. The molecule has 0 spiro atoms. The lowest BCUT2D eigenvalue weighted by molar-refractivity contribution is 0.0236. The van der Waals surface area contributed by atoms with Crippen LogP contribution in [0.4, 0.5) is 4.79 Å². The summed E-state index contributed by atoms with van der Waals surface area (Å²) in [7, 11) is 1.88. The Morgan fingerprint density at radius 2 is 1.81 bits per heavy atom. The number of aliphatic hydroxyl groups is 1. The van der Waals surface area contributed by atoms with Crippen LogP contribution in [0.15, 0.2) is 60.6 Å². The van der Waals surface area contributed by atoms with Crippen molar-refractivity contribution in [3.05, 3.63) is 93.5 Å². The Morgan fingerprint density at radius 1 is 1.08 bits per heavy atom. The second kappa shape index (κ2) is 9.84. The lowest BCUT2D eigenvalue weighted by Crippen LogP contribution is -2.40. The molecule has 0 radical (unpaired) electrons. The molecular weight excluding hydrogens is 486 g/mol. The number of benzene rings is 2. The molecule has 37 heavy (non-hydrogen) atoms. The first-order valence-electron chi connectivity index (χ1n) is 12.6. The molecule has 1 aromatic heterocycles. The molecule has 0 saturated carbocycles. The van der Waals surface area contributed by atoms with Gasteiger partial charge in [0, 0.05) is 25.2 Å². The summed E-state index contributed by atoms with van der Waals surface area (Å²) < 4.78 is 7.43. The van der Waals surface area contributed by atoms with Crippen LogP contribution < -0.4 is 0 Å². The average Bonchev–Trinajstić information content (AvgIpc) is 3.23. The van der Waals surface area contributed by atoms with Crippen molar-refractivity contribution in [2.45, 2.75) is 45.3 Å². The number of halogens is 1. The minimum atomic E-state index is -0.879. The molecule has 1 N–H and O–H groups in total. The van der Waals surface area contributed by atoms with Crippen LogP contribution in [0.3, 0.4) is 0 Å². The molecule has 6 nitrogen and oxygen atoms in total. The van der Waals surface area contributed by atoms with Crippen molar-refractivity contribution < 1.29 is 14.6 Å². The Kier molecular flexibility index (Phi) is 6.73. The molecule has 2 heterocycles. The van der Waals surface area contributed by atoms with Crippen molar-refractivity contribution in [3.8, 4) is 0 Å². The number of aromatic nitrogens is 2. The number of piperidine rings is 1. The van der Waals surface area contributed by atoms with Gasteiger partial charge in [0.15, 0.2) is 0 Å². The number of aryl methyl sites for hydroxylation is 1. The molecule has 1 aliphatic carbocycles. The molecule has 1 aliphatic heterocycles. The van der Waals surface area contributed by atoms with Crippen LogP contribution >= 0.6 is 11.6 Å². The fraction of sp³-hybridized carbons (Fsp3) is 0.333. The maximum Gasteiger partial charge on any atom is 0.410 e. The van der Waals surface area contributed by atoms with Crippen LogP contribution in [0.5, 0.6) is 0 Å². The number of likely N-dealkylation sites (tertiary alicyclic amines) is 1. The highest BCUT2D eigenvalue weighted by Crippen LogP contribution is 2.45. The van der Waals surface area contributed by atoms with E-state index < -0.39 is 11.7 Å². The van der Waals surface area contributed by atoms with Crippen molar-refractivity contribution in [3.63, 3.8) is 0 Å². The third kappa shape index (κ3) is 5.09. The average molecular weight is 518 g/mol. The Bertz CT molecular complexity index is 1400. The molecule has 1 unspecified atom stereocenters. The number of fused-ring (bicyclic) bond motifs is 2. The van der Waals surface area contributed by atoms with Crippen molar-refractivity contribution >= 4 is 34.9 Å². The van der Waals surface area contributed by atoms with Crippen LogP contribution in [0.25, 0.3) is 17.2 Å². The minimum Gasteiger partial charge on any atom is -0.444 e. The molecule has 1 atom stereocenters. The zero-order valence-electron chi connectivity index (χ0n) is 21.7. The van der Waals surface area contributed by atoms with E-state index in [0.717, 1.165) is 46.2 Å². The molecular formula is C30H32ClN3O3. The number of amides is 1. The monoisotopic (exact) mass is 517 g/mol. The lowest BCUT2D eigenvalue weighted by atomic mass is 9.85. The van der Waals surface area contributed by atoms with Crippen molar-refractivity contribution in [1.29, 1.82) is 0 Å². The van der Waals surface area contributed by atoms with E-state index in [2.05, 4.69) is 23.2 Å². The molecule has 192 valence electrons. The van der Waals surface area contributed by atoms with Gasteiger partial charge in [-0.05, 0) is 85.2 Å². The quantitative estimate of drug-likeness (QED) is 0.421. The van der Waals surface area contributed by atoms with E-state index in [-0.39, 0.29) is 6.09 Å². The van der Waals surface area contributed by atoms with E-state index in [1.807, 2.05) is 62.7 Å². The van der Waals surface area contributed by atoms with Gasteiger partial charge in [-0.3, -0.25) is 0 Å². The van der Waals surface area contributed by atoms with E-state index in [9.17, 15) is 9.90 Å². The highest BCUT2D eigenvalue weighted by Gasteiger charge is 2.30. The van der Waals surface area contributed by atoms with Gasteiger partial charge in [-0.25, -0.2) is 9.78 Å². The first-order valence-corrected chi connectivity index (χ1v) is 13.0. The molecule has 7 heteroatoms. The van der Waals surface area contributed by atoms with Gasteiger partial charge in [0.05, 0.1) is 18.2 Å². The van der Waals surface area contributed by atoms with E-state index in [4.69, 9.17) is 16.3 Å². The van der Waals surface area contributed by atoms with E-state index in [0.29, 0.717) is 23.8 Å². The summed E-state index contributed by atoms with van der Waals surface area (Å²) in [5.74, 6) is 0. The summed E-state index contributed by atoms with van der Waals surface area (Å²) in [6.07, 6.45) is 5.78. The van der Waals surface area contributed by atoms with Crippen molar-refractivity contribution in [2.75, 3.05) is 13.1 Å². The van der Waals surface area contributed by atoms with Gasteiger partial charge in [-0.15, -0.1) is 0 Å². The normalized spacial score (nSPS) is 16.5. The van der Waals surface area contributed by atoms with E-state index in [1.165, 1.54) is 5.57 Å². The minimum absolute atomic E-state index is 0.270. The Hall–Kier alpha value is -3.35. The number of ether oxygens (including phenoxy) is 1. The predicted molar refractivity (Wildman–Crippen MR) is 147 cm³/mol. The molecule has 1 fully saturated rings. The zero-order valence-corrected chi connectivity index (χ0v) is 22.4. The Labute approximate surface area is 222 Å². The molecule has 5 rings (SSSR count). The summed E-state index contributed by atoms with van der Waals surface area (Å²) in [6.45, 7) is 6.85. The molecule has 1 saturated heterocycles. The van der Waals surface area contributed by atoms with Crippen LogP contribution in [0.2, 0.25) is 5.02 Å². The summed E-state index contributed by atoms with van der Waals surface area (Å²) in [5, 5.41) is 12.2. The number of rotatable bonds is 2. The van der Waals surface area contributed by atoms with Crippen LogP contribution in [0, 0.1) is 0 Å². The largest absolute Gasteiger partial charge is 0.444 e. The third-order valence-electron chi connectivity index (χ3n) is 6.90. The van der Waals surface area contributed by atoms with Gasteiger partial charge in [0.1, 0.15) is 11.7 Å². The SMILES string of the molecule is Cn1cncc1C(O)C1=Cc2ccccc2C(=C2CCN(C(=O)OC(C)(C)C)CC2)c2ccc(Cl)cc21. The molecule has 1 amide bonds. The van der Waals surface area contributed by atoms with Gasteiger partial charge in [0.25, 0.3) is 0 Å². The standard InChI is InChI=1S/C30H32ClN3O3/c1-30(2,3)37-29(36)34-13-11-19(12-14-34)27-22-8-6-5-7-20(22)15-25(24-16-21(31)9-10-23(24)27)28(35)26-17-32-18-33(26)4/h5-10,15-18,28,35H,11-14H2,1-4H3. The third-order valence-corrected chi connectivity index (χ3v) is 7.14. The number of aliphatic hydroxyl groups excluding tert-OH is 1. The van der Waals surface area contributed by atoms with Crippen molar-refractivity contribution in [1.82, 2.24) is 14.5 Å². The van der Waals surface area contributed by atoms with Crippen LogP contribution in [-0.4, -0.2) is 44.3 Å². The van der Waals surface area contributed by atoms with E-state index >= 15 is 0 Å². The van der Waals surface area contributed by atoms with Gasteiger partial charge >= 0.3 is 6.09 Å². The fourth-order valence-electron chi connectivity index (χ4n) is 5.15. The van der Waals surface area contributed by atoms with E-state index in [1.54, 1.807) is 17.4 Å². The molecule has 0 bridgehead atoms. The lowest BCUT2D eigenvalue weighted by Gasteiger charge is -2.32. The van der Waals surface area contributed by atoms with Gasteiger partial charge in [-0.1, -0.05) is 47.5 Å². The predicted octanol–water partition coefficient (Wildman–Crippen LogP) is 6.49. The summed E-state index contributed by atoms with van der Waals surface area (Å²) in [6, 6.07) is 14.2. The Morgan fingerprint density at radius 3 is 2.49 bits per heavy atom. The number of carbonyl (C=O) groups excluding carboxylic acids is 1. The first kappa shape index (κ1) is 25.3. The maximum absolute atomic E-state index is 12.7. The maximum atomic E-state index is 12.7. The number of hydrogen-bond donors (Lipinski definition) is 1. The molecule has 2 aliphatic rings. The highest BCUT2D eigenvalue weighted by molar-refractivity contribution is 6.31. The molecule has 2 aromatic carbocycles. The van der Waals surface area contributed by atoms with Crippen LogP contribution in [0.1, 0.15) is 67.7 Å². The zero-order chi connectivity index (χ0) is 26.3. The number of carbonyl (C=O) groups is 1. The van der Waals surface area contributed by atoms with Crippen molar-refractivity contribution in [2.24, 2.45) is 7.05 Å². The number of hydrogen-bond acceptors (Lipinski definition) is 4. The smallest absolute Gasteiger partial charge is 0.410 e.